The van der Waals surface area contributed by atoms with Gasteiger partial charge in [0.1, 0.15) is 5.82 Å². The molecule has 0 bridgehead atoms. The molecule has 3 aromatic heterocycles. The van der Waals surface area contributed by atoms with Crippen LogP contribution < -0.4 is 5.32 Å². The highest BCUT2D eigenvalue weighted by Crippen LogP contribution is 2.26. The van der Waals surface area contributed by atoms with Crippen molar-refractivity contribution in [2.24, 2.45) is 0 Å². The van der Waals surface area contributed by atoms with Crippen LogP contribution in [-0.4, -0.2) is 37.1 Å². The average Bonchev–Trinajstić information content (AvgIpc) is 3.33. The van der Waals surface area contributed by atoms with Crippen LogP contribution in [0.25, 0.3) is 22.7 Å². The molecule has 0 aliphatic rings. The second kappa shape index (κ2) is 7.26. The number of nitrogens with one attached hydrogen (secondary N) is 1. The van der Waals surface area contributed by atoms with E-state index in [1.54, 1.807) is 13.2 Å². The SMILES string of the molecule is CNC(=O)CCc1cccc(-n2ccnc2-c2cnn3c(C)cc(C)nc23)c1. The van der Waals surface area contributed by atoms with Gasteiger partial charge in [0, 0.05) is 42.9 Å². The van der Waals surface area contributed by atoms with Crippen LogP contribution in [0, 0.1) is 13.8 Å². The summed E-state index contributed by atoms with van der Waals surface area (Å²) >= 11 is 0. The van der Waals surface area contributed by atoms with E-state index < -0.39 is 0 Å². The molecule has 28 heavy (non-hydrogen) atoms. The normalized spacial score (nSPS) is 11.1. The molecule has 0 radical (unpaired) electrons. The second-order valence-electron chi connectivity index (χ2n) is 6.80. The number of benzene rings is 1. The zero-order valence-electron chi connectivity index (χ0n) is 16.2. The maximum Gasteiger partial charge on any atom is 0.220 e. The zero-order chi connectivity index (χ0) is 19.7. The van der Waals surface area contributed by atoms with E-state index in [4.69, 9.17) is 0 Å². The number of fused-ring (bicyclic) bond motifs is 1. The van der Waals surface area contributed by atoms with Gasteiger partial charge in [-0.25, -0.2) is 14.5 Å². The summed E-state index contributed by atoms with van der Waals surface area (Å²) in [5, 5.41) is 7.14. The lowest BCUT2D eigenvalue weighted by atomic mass is 10.1. The Bertz CT molecular complexity index is 1160. The quantitative estimate of drug-likeness (QED) is 0.583. The number of carbonyl (C=O) groups is 1. The number of hydrogen-bond donors (Lipinski definition) is 1. The highest BCUT2D eigenvalue weighted by atomic mass is 16.1. The van der Waals surface area contributed by atoms with Crippen molar-refractivity contribution in [3.05, 3.63) is 65.9 Å². The first-order valence-electron chi connectivity index (χ1n) is 9.22. The number of carbonyl (C=O) groups excluding carboxylic acids is 1. The number of aryl methyl sites for hydroxylation is 3. The first-order valence-corrected chi connectivity index (χ1v) is 9.22. The lowest BCUT2D eigenvalue weighted by molar-refractivity contribution is -0.120. The van der Waals surface area contributed by atoms with Crippen LogP contribution in [0.1, 0.15) is 23.4 Å². The van der Waals surface area contributed by atoms with Crippen molar-refractivity contribution < 1.29 is 4.79 Å². The molecule has 0 atom stereocenters. The van der Waals surface area contributed by atoms with E-state index in [1.165, 1.54) is 0 Å². The van der Waals surface area contributed by atoms with E-state index in [9.17, 15) is 4.79 Å². The van der Waals surface area contributed by atoms with Crippen molar-refractivity contribution in [2.45, 2.75) is 26.7 Å². The lowest BCUT2D eigenvalue weighted by Crippen LogP contribution is -2.17. The molecule has 0 aliphatic carbocycles. The van der Waals surface area contributed by atoms with E-state index in [2.05, 4.69) is 26.4 Å². The molecule has 1 N–H and O–H groups in total. The fourth-order valence-electron chi connectivity index (χ4n) is 3.38. The van der Waals surface area contributed by atoms with E-state index in [1.807, 2.05) is 59.6 Å². The largest absolute Gasteiger partial charge is 0.359 e. The highest BCUT2D eigenvalue weighted by Gasteiger charge is 2.16. The molecule has 7 heteroatoms. The molecule has 0 saturated carbocycles. The van der Waals surface area contributed by atoms with Crippen molar-refractivity contribution in [1.29, 1.82) is 0 Å². The lowest BCUT2D eigenvalue weighted by Gasteiger charge is -2.09. The van der Waals surface area contributed by atoms with Gasteiger partial charge in [-0.1, -0.05) is 12.1 Å². The summed E-state index contributed by atoms with van der Waals surface area (Å²) < 4.78 is 3.86. The van der Waals surface area contributed by atoms with Gasteiger partial charge >= 0.3 is 0 Å². The highest BCUT2D eigenvalue weighted by molar-refractivity contribution is 5.76. The van der Waals surface area contributed by atoms with Gasteiger partial charge in [-0.3, -0.25) is 9.36 Å². The van der Waals surface area contributed by atoms with Gasteiger partial charge in [0.25, 0.3) is 0 Å². The van der Waals surface area contributed by atoms with E-state index >= 15 is 0 Å². The van der Waals surface area contributed by atoms with Gasteiger partial charge in [0.2, 0.25) is 5.91 Å². The van der Waals surface area contributed by atoms with Gasteiger partial charge < -0.3 is 5.32 Å². The molecule has 0 aliphatic heterocycles. The Morgan fingerprint density at radius 2 is 2.07 bits per heavy atom. The van der Waals surface area contributed by atoms with Crippen molar-refractivity contribution in [2.75, 3.05) is 7.05 Å². The molecule has 3 heterocycles. The third-order valence-corrected chi connectivity index (χ3v) is 4.77. The number of imidazole rings is 1. The van der Waals surface area contributed by atoms with Crippen LogP contribution in [0.3, 0.4) is 0 Å². The van der Waals surface area contributed by atoms with Gasteiger partial charge in [-0.05, 0) is 44.0 Å². The molecule has 142 valence electrons. The molecule has 7 nitrogen and oxygen atoms in total. The fourth-order valence-corrected chi connectivity index (χ4v) is 3.38. The van der Waals surface area contributed by atoms with Crippen molar-refractivity contribution in [3.63, 3.8) is 0 Å². The Labute approximate surface area is 163 Å². The van der Waals surface area contributed by atoms with Gasteiger partial charge in [0.15, 0.2) is 5.65 Å². The summed E-state index contributed by atoms with van der Waals surface area (Å²) in [7, 11) is 1.66. The molecule has 0 fully saturated rings. The topological polar surface area (TPSA) is 77.1 Å². The average molecular weight is 374 g/mol. The fraction of sp³-hybridized carbons (Fsp3) is 0.238. The van der Waals surface area contributed by atoms with Gasteiger partial charge in [-0.15, -0.1) is 0 Å². The van der Waals surface area contributed by atoms with Crippen molar-refractivity contribution in [3.8, 4) is 17.1 Å². The van der Waals surface area contributed by atoms with Crippen LogP contribution in [-0.2, 0) is 11.2 Å². The smallest absolute Gasteiger partial charge is 0.220 e. The Morgan fingerprint density at radius 3 is 2.89 bits per heavy atom. The third kappa shape index (κ3) is 3.26. The van der Waals surface area contributed by atoms with Crippen LogP contribution in [0.2, 0.25) is 0 Å². The molecule has 0 saturated heterocycles. The van der Waals surface area contributed by atoms with Crippen LogP contribution in [0.4, 0.5) is 0 Å². The summed E-state index contributed by atoms with van der Waals surface area (Å²) in [6.45, 7) is 3.99. The summed E-state index contributed by atoms with van der Waals surface area (Å²) in [6, 6.07) is 10.2. The maximum absolute atomic E-state index is 11.5. The molecule has 4 rings (SSSR count). The number of nitrogens with zero attached hydrogens (tertiary/aromatic N) is 5. The van der Waals surface area contributed by atoms with E-state index in [0.717, 1.165) is 39.7 Å². The predicted octanol–water partition coefficient (Wildman–Crippen LogP) is 2.88. The Balaban J connectivity index is 1.74. The molecule has 0 unspecified atom stereocenters. The summed E-state index contributed by atoms with van der Waals surface area (Å²) in [5.74, 6) is 0.827. The minimum atomic E-state index is 0.0388. The summed E-state index contributed by atoms with van der Waals surface area (Å²) in [6.07, 6.45) is 6.67. The monoisotopic (exact) mass is 374 g/mol. The molecule has 4 aromatic rings. The number of hydrogen-bond acceptors (Lipinski definition) is 4. The standard InChI is InChI=1S/C21H22N6O/c1-14-11-15(2)27-21(25-14)18(13-24-27)20-23-9-10-26(20)17-6-4-5-16(12-17)7-8-19(28)22-3/h4-6,9-13H,7-8H2,1-3H3,(H,22,28). The van der Waals surface area contributed by atoms with E-state index in [0.29, 0.717) is 12.8 Å². The summed E-state index contributed by atoms with van der Waals surface area (Å²) in [5.41, 5.74) is 5.74. The molecule has 0 spiro atoms. The Kier molecular flexibility index (Phi) is 4.65. The van der Waals surface area contributed by atoms with Crippen molar-refractivity contribution in [1.82, 2.24) is 29.5 Å². The molecule has 1 aromatic carbocycles. The Hall–Kier alpha value is -3.48. The molecular weight excluding hydrogens is 352 g/mol. The van der Waals surface area contributed by atoms with Crippen molar-refractivity contribution >= 4 is 11.6 Å². The first kappa shape index (κ1) is 17.9. The van der Waals surface area contributed by atoms with Crippen LogP contribution in [0.15, 0.2) is 48.9 Å². The zero-order valence-corrected chi connectivity index (χ0v) is 16.2. The molecule has 1 amide bonds. The minimum Gasteiger partial charge on any atom is -0.359 e. The third-order valence-electron chi connectivity index (χ3n) is 4.77. The van der Waals surface area contributed by atoms with Gasteiger partial charge in [-0.2, -0.15) is 5.10 Å². The number of rotatable bonds is 5. The second-order valence-corrected chi connectivity index (χ2v) is 6.80. The Morgan fingerprint density at radius 1 is 1.21 bits per heavy atom. The maximum atomic E-state index is 11.5. The van der Waals surface area contributed by atoms with E-state index in [-0.39, 0.29) is 5.91 Å². The number of amides is 1. The predicted molar refractivity (Wildman–Crippen MR) is 107 cm³/mol. The van der Waals surface area contributed by atoms with Crippen LogP contribution >= 0.6 is 0 Å². The first-order chi connectivity index (χ1) is 13.6. The molecular formula is C21H22N6O. The minimum absolute atomic E-state index is 0.0388. The van der Waals surface area contributed by atoms with Gasteiger partial charge in [0.05, 0.1) is 11.8 Å². The number of aromatic nitrogens is 5. The summed E-state index contributed by atoms with van der Waals surface area (Å²) in [4.78, 5) is 20.8. The van der Waals surface area contributed by atoms with Crippen LogP contribution in [0.5, 0.6) is 0 Å².